The lowest BCUT2D eigenvalue weighted by Gasteiger charge is -2.33. The van der Waals surface area contributed by atoms with E-state index in [-0.39, 0.29) is 11.7 Å². The Bertz CT molecular complexity index is 702. The van der Waals surface area contributed by atoms with Crippen molar-refractivity contribution in [3.8, 4) is 0 Å². The van der Waals surface area contributed by atoms with Crippen LogP contribution in [0.1, 0.15) is 29.1 Å². The van der Waals surface area contributed by atoms with E-state index in [0.717, 1.165) is 31.9 Å². The van der Waals surface area contributed by atoms with E-state index in [1.807, 2.05) is 19.1 Å². The van der Waals surface area contributed by atoms with Gasteiger partial charge in [-0.3, -0.25) is 4.79 Å². The Morgan fingerprint density at radius 1 is 1.29 bits per heavy atom. The Morgan fingerprint density at radius 3 is 2.62 bits per heavy atom. The molecule has 0 spiro atoms. The van der Waals surface area contributed by atoms with E-state index in [2.05, 4.69) is 32.1 Å². The van der Waals surface area contributed by atoms with Crippen molar-refractivity contribution in [1.29, 1.82) is 0 Å². The first-order valence-corrected chi connectivity index (χ1v) is 8.24. The molecule has 3 heterocycles. The minimum Gasteiger partial charge on any atom is -0.435 e. The maximum absolute atomic E-state index is 12.3. The lowest BCUT2D eigenvalue weighted by atomic mass is 10.3. The van der Waals surface area contributed by atoms with Gasteiger partial charge < -0.3 is 19.5 Å². The Labute approximate surface area is 141 Å². The highest BCUT2D eigenvalue weighted by Gasteiger charge is 2.18. The number of hydrogen-bond donors (Lipinski definition) is 1. The van der Waals surface area contributed by atoms with Gasteiger partial charge in [0.1, 0.15) is 5.82 Å². The fraction of sp³-hybridized carbons (Fsp3) is 0.471. The average molecular weight is 329 g/mol. The van der Waals surface area contributed by atoms with Gasteiger partial charge in [-0.2, -0.15) is 0 Å². The Hall–Kier alpha value is -2.41. The number of aromatic nitrogens is 2. The molecular weight excluding hydrogens is 306 g/mol. The number of carbonyl (C=O) groups is 1. The molecule has 0 atom stereocenters. The number of amides is 1. The summed E-state index contributed by atoms with van der Waals surface area (Å²) >= 11 is 0. The van der Waals surface area contributed by atoms with Crippen LogP contribution in [0.2, 0.25) is 0 Å². The SMILES string of the molecule is CCc1nc(C)c(C(=O)Nc2ccc(N3CCN(C)CC3)cn2)o1. The fourth-order valence-corrected chi connectivity index (χ4v) is 2.70. The Balaban J connectivity index is 1.65. The first-order valence-electron chi connectivity index (χ1n) is 8.24. The number of anilines is 2. The third-order valence-electron chi connectivity index (χ3n) is 4.21. The molecule has 1 fully saturated rings. The number of aryl methyl sites for hydroxylation is 2. The molecule has 2 aromatic heterocycles. The highest BCUT2D eigenvalue weighted by atomic mass is 16.4. The number of rotatable bonds is 4. The molecule has 1 N–H and O–H groups in total. The molecule has 1 saturated heterocycles. The van der Waals surface area contributed by atoms with Crippen LogP contribution in [0.4, 0.5) is 11.5 Å². The summed E-state index contributed by atoms with van der Waals surface area (Å²) in [6.45, 7) is 7.76. The molecule has 0 bridgehead atoms. The van der Waals surface area contributed by atoms with Crippen molar-refractivity contribution in [2.75, 3.05) is 43.4 Å². The van der Waals surface area contributed by atoms with E-state index in [4.69, 9.17) is 4.42 Å². The average Bonchev–Trinajstić information content (AvgIpc) is 2.97. The summed E-state index contributed by atoms with van der Waals surface area (Å²) in [7, 11) is 2.13. The molecule has 0 radical (unpaired) electrons. The van der Waals surface area contributed by atoms with Crippen LogP contribution in [0.25, 0.3) is 0 Å². The molecule has 7 nitrogen and oxygen atoms in total. The molecule has 1 aliphatic rings. The standard InChI is InChI=1S/C17H23N5O2/c1-4-15-19-12(2)16(24-15)17(23)20-14-6-5-13(11-18-14)22-9-7-21(3)8-10-22/h5-6,11H,4,7-10H2,1-3H3,(H,18,20,23). The number of hydrogen-bond acceptors (Lipinski definition) is 6. The van der Waals surface area contributed by atoms with Crippen LogP contribution >= 0.6 is 0 Å². The van der Waals surface area contributed by atoms with Crippen LogP contribution in [0.5, 0.6) is 0 Å². The van der Waals surface area contributed by atoms with Crippen molar-refractivity contribution in [2.45, 2.75) is 20.3 Å². The smallest absolute Gasteiger partial charge is 0.294 e. The fourth-order valence-electron chi connectivity index (χ4n) is 2.70. The molecule has 128 valence electrons. The lowest BCUT2D eigenvalue weighted by molar-refractivity contribution is 0.0994. The van der Waals surface area contributed by atoms with Crippen LogP contribution in [-0.4, -0.2) is 54.0 Å². The highest BCUT2D eigenvalue weighted by molar-refractivity contribution is 6.02. The number of nitrogens with one attached hydrogen (secondary N) is 1. The monoisotopic (exact) mass is 329 g/mol. The molecule has 3 rings (SSSR count). The molecule has 7 heteroatoms. The van der Waals surface area contributed by atoms with Gasteiger partial charge in [0.2, 0.25) is 5.76 Å². The van der Waals surface area contributed by atoms with Gasteiger partial charge in [0.15, 0.2) is 5.89 Å². The minimum absolute atomic E-state index is 0.247. The first kappa shape index (κ1) is 16.4. The van der Waals surface area contributed by atoms with Crippen LogP contribution in [0.15, 0.2) is 22.7 Å². The van der Waals surface area contributed by atoms with Crippen LogP contribution < -0.4 is 10.2 Å². The first-order chi connectivity index (χ1) is 11.6. The van der Waals surface area contributed by atoms with E-state index < -0.39 is 0 Å². The molecule has 2 aromatic rings. The second kappa shape index (κ2) is 7.00. The molecule has 0 saturated carbocycles. The van der Waals surface area contributed by atoms with Gasteiger partial charge in [-0.05, 0) is 26.1 Å². The largest absolute Gasteiger partial charge is 0.435 e. The van der Waals surface area contributed by atoms with E-state index in [0.29, 0.717) is 23.8 Å². The second-order valence-electron chi connectivity index (χ2n) is 6.02. The van der Waals surface area contributed by atoms with Gasteiger partial charge in [0.25, 0.3) is 5.91 Å². The minimum atomic E-state index is -0.320. The molecule has 1 amide bonds. The van der Waals surface area contributed by atoms with Crippen molar-refractivity contribution in [3.63, 3.8) is 0 Å². The summed E-state index contributed by atoms with van der Waals surface area (Å²) in [5, 5.41) is 2.76. The highest BCUT2D eigenvalue weighted by Crippen LogP contribution is 2.18. The summed E-state index contributed by atoms with van der Waals surface area (Å²) in [4.78, 5) is 25.5. The van der Waals surface area contributed by atoms with Gasteiger partial charge in [0.05, 0.1) is 17.6 Å². The number of carbonyl (C=O) groups excluding carboxylic acids is 1. The van der Waals surface area contributed by atoms with Crippen molar-refractivity contribution < 1.29 is 9.21 Å². The van der Waals surface area contributed by atoms with Crippen molar-refractivity contribution in [1.82, 2.24) is 14.9 Å². The molecule has 0 aromatic carbocycles. The zero-order valence-corrected chi connectivity index (χ0v) is 14.4. The zero-order valence-electron chi connectivity index (χ0n) is 14.4. The van der Waals surface area contributed by atoms with Gasteiger partial charge in [-0.1, -0.05) is 6.92 Å². The topological polar surface area (TPSA) is 74.5 Å². The van der Waals surface area contributed by atoms with Crippen LogP contribution in [0.3, 0.4) is 0 Å². The molecule has 24 heavy (non-hydrogen) atoms. The molecular formula is C17H23N5O2. The number of piperazine rings is 1. The number of likely N-dealkylation sites (N-methyl/N-ethyl adjacent to an activating group) is 1. The van der Waals surface area contributed by atoms with Crippen molar-refractivity contribution in [3.05, 3.63) is 35.7 Å². The normalized spacial score (nSPS) is 15.5. The number of nitrogens with zero attached hydrogens (tertiary/aromatic N) is 4. The number of pyridine rings is 1. The predicted octanol–water partition coefficient (Wildman–Crippen LogP) is 1.94. The van der Waals surface area contributed by atoms with Crippen molar-refractivity contribution >= 4 is 17.4 Å². The van der Waals surface area contributed by atoms with E-state index in [9.17, 15) is 4.79 Å². The summed E-state index contributed by atoms with van der Waals surface area (Å²) in [5.41, 5.74) is 1.67. The number of oxazole rings is 1. The third-order valence-corrected chi connectivity index (χ3v) is 4.21. The summed E-state index contributed by atoms with van der Waals surface area (Å²) in [6, 6.07) is 3.80. The zero-order chi connectivity index (χ0) is 17.1. The van der Waals surface area contributed by atoms with E-state index in [1.54, 1.807) is 13.1 Å². The van der Waals surface area contributed by atoms with Gasteiger partial charge in [-0.15, -0.1) is 0 Å². The van der Waals surface area contributed by atoms with Crippen molar-refractivity contribution in [2.24, 2.45) is 0 Å². The lowest BCUT2D eigenvalue weighted by Crippen LogP contribution is -2.44. The summed E-state index contributed by atoms with van der Waals surface area (Å²) < 4.78 is 5.46. The Kier molecular flexibility index (Phi) is 4.80. The van der Waals surface area contributed by atoms with E-state index >= 15 is 0 Å². The van der Waals surface area contributed by atoms with Gasteiger partial charge in [-0.25, -0.2) is 9.97 Å². The maximum atomic E-state index is 12.3. The molecule has 0 aliphatic carbocycles. The van der Waals surface area contributed by atoms with Gasteiger partial charge >= 0.3 is 0 Å². The second-order valence-corrected chi connectivity index (χ2v) is 6.02. The third kappa shape index (κ3) is 3.56. The molecule has 0 unspecified atom stereocenters. The van der Waals surface area contributed by atoms with Crippen LogP contribution in [-0.2, 0) is 6.42 Å². The summed E-state index contributed by atoms with van der Waals surface area (Å²) in [6.07, 6.45) is 2.46. The molecule has 1 aliphatic heterocycles. The summed E-state index contributed by atoms with van der Waals surface area (Å²) in [5.74, 6) is 0.999. The van der Waals surface area contributed by atoms with Crippen LogP contribution in [0, 0.1) is 6.92 Å². The predicted molar refractivity (Wildman–Crippen MR) is 92.5 cm³/mol. The quantitative estimate of drug-likeness (QED) is 0.924. The van der Waals surface area contributed by atoms with E-state index in [1.165, 1.54) is 0 Å². The van der Waals surface area contributed by atoms with Gasteiger partial charge in [0, 0.05) is 32.6 Å². The maximum Gasteiger partial charge on any atom is 0.294 e. The Morgan fingerprint density at radius 2 is 2.04 bits per heavy atom.